The summed E-state index contributed by atoms with van der Waals surface area (Å²) in [4.78, 5) is 14.9. The summed E-state index contributed by atoms with van der Waals surface area (Å²) in [6, 6.07) is 14.1. The van der Waals surface area contributed by atoms with Crippen LogP contribution >= 0.6 is 0 Å². The molecule has 3 aromatic rings. The van der Waals surface area contributed by atoms with Crippen molar-refractivity contribution in [2.45, 2.75) is 18.9 Å². The van der Waals surface area contributed by atoms with Gasteiger partial charge in [0.05, 0.1) is 17.3 Å². The maximum absolute atomic E-state index is 13.1. The van der Waals surface area contributed by atoms with Crippen molar-refractivity contribution >= 4 is 16.8 Å². The van der Waals surface area contributed by atoms with Crippen LogP contribution in [0.25, 0.3) is 10.9 Å². The van der Waals surface area contributed by atoms with Gasteiger partial charge in [-0.2, -0.15) is 5.10 Å². The molecule has 0 radical (unpaired) electrons. The fraction of sp³-hybridized carbons (Fsp3) is 0.263. The van der Waals surface area contributed by atoms with E-state index in [1.165, 1.54) is 5.56 Å². The number of amides is 1. The van der Waals surface area contributed by atoms with Crippen LogP contribution in [0.5, 0.6) is 0 Å². The first-order chi connectivity index (χ1) is 11.6. The molecule has 5 heteroatoms. The molecule has 2 atom stereocenters. The molecule has 1 saturated heterocycles. The Labute approximate surface area is 140 Å². The molecule has 0 spiro atoms. The Hall–Kier alpha value is -2.66. The maximum Gasteiger partial charge on any atom is 0.256 e. The van der Waals surface area contributed by atoms with E-state index in [-0.39, 0.29) is 17.9 Å². The molecule has 2 aromatic carbocycles. The summed E-state index contributed by atoms with van der Waals surface area (Å²) in [5, 5.41) is 7.97. The highest BCUT2D eigenvalue weighted by Crippen LogP contribution is 2.29. The van der Waals surface area contributed by atoms with Gasteiger partial charge in [-0.15, -0.1) is 0 Å². The number of carbonyl (C=O) groups is 1. The summed E-state index contributed by atoms with van der Waals surface area (Å²) in [7, 11) is 0. The highest BCUT2D eigenvalue weighted by molar-refractivity contribution is 6.05. The van der Waals surface area contributed by atoms with Crippen molar-refractivity contribution in [2.75, 3.05) is 13.1 Å². The van der Waals surface area contributed by atoms with Gasteiger partial charge in [-0.25, -0.2) is 0 Å². The van der Waals surface area contributed by atoms with Crippen molar-refractivity contribution in [3.8, 4) is 0 Å². The van der Waals surface area contributed by atoms with Gasteiger partial charge in [-0.3, -0.25) is 9.89 Å². The van der Waals surface area contributed by atoms with Crippen molar-refractivity contribution < 1.29 is 4.79 Å². The lowest BCUT2D eigenvalue weighted by atomic mass is 9.95. The van der Waals surface area contributed by atoms with Crippen LogP contribution in [0.3, 0.4) is 0 Å². The number of aromatic nitrogens is 2. The molecule has 5 nitrogen and oxygen atoms in total. The van der Waals surface area contributed by atoms with Gasteiger partial charge in [0, 0.05) is 30.4 Å². The summed E-state index contributed by atoms with van der Waals surface area (Å²) in [6.45, 7) is 3.21. The third-order valence-corrected chi connectivity index (χ3v) is 4.80. The number of nitrogens with one attached hydrogen (secondary N) is 1. The van der Waals surface area contributed by atoms with Crippen LogP contribution in [0, 0.1) is 6.92 Å². The molecule has 122 valence electrons. The molecule has 2 heterocycles. The molecule has 1 aliphatic heterocycles. The lowest BCUT2D eigenvalue weighted by Crippen LogP contribution is -2.32. The third-order valence-electron chi connectivity index (χ3n) is 4.80. The Morgan fingerprint density at radius 2 is 2.04 bits per heavy atom. The summed E-state index contributed by atoms with van der Waals surface area (Å²) < 4.78 is 0. The number of carbonyl (C=O) groups excluding carboxylic acids is 1. The molecule has 0 bridgehead atoms. The average Bonchev–Trinajstić information content (AvgIpc) is 3.20. The molecular formula is C19H20N4O. The van der Waals surface area contributed by atoms with Crippen molar-refractivity contribution in [1.82, 2.24) is 15.1 Å². The number of aromatic amines is 1. The van der Waals surface area contributed by atoms with E-state index < -0.39 is 0 Å². The van der Waals surface area contributed by atoms with E-state index in [0.29, 0.717) is 18.7 Å². The number of nitrogens with zero attached hydrogens (tertiary/aromatic N) is 2. The van der Waals surface area contributed by atoms with Crippen molar-refractivity contribution in [3.63, 3.8) is 0 Å². The second-order valence-corrected chi connectivity index (χ2v) is 6.54. The average molecular weight is 320 g/mol. The number of hydrogen-bond acceptors (Lipinski definition) is 3. The van der Waals surface area contributed by atoms with Gasteiger partial charge in [-0.1, -0.05) is 30.3 Å². The topological polar surface area (TPSA) is 75.0 Å². The zero-order valence-corrected chi connectivity index (χ0v) is 13.6. The lowest BCUT2D eigenvalue weighted by molar-refractivity contribution is 0.0791. The second kappa shape index (κ2) is 5.76. The minimum atomic E-state index is -0.0431. The van der Waals surface area contributed by atoms with Gasteiger partial charge < -0.3 is 10.6 Å². The zero-order chi connectivity index (χ0) is 16.7. The Balaban J connectivity index is 1.64. The van der Waals surface area contributed by atoms with E-state index in [1.807, 2.05) is 42.2 Å². The van der Waals surface area contributed by atoms with E-state index >= 15 is 0 Å². The predicted molar refractivity (Wildman–Crippen MR) is 93.9 cm³/mol. The van der Waals surface area contributed by atoms with Crippen molar-refractivity contribution in [3.05, 3.63) is 65.4 Å². The third kappa shape index (κ3) is 2.47. The van der Waals surface area contributed by atoms with Crippen LogP contribution < -0.4 is 5.73 Å². The van der Waals surface area contributed by atoms with Crippen LogP contribution in [0.15, 0.2) is 48.7 Å². The fourth-order valence-corrected chi connectivity index (χ4v) is 3.59. The monoisotopic (exact) mass is 320 g/mol. The number of nitrogens with two attached hydrogens (primary N) is 1. The number of benzene rings is 2. The van der Waals surface area contributed by atoms with Gasteiger partial charge in [0.2, 0.25) is 0 Å². The van der Waals surface area contributed by atoms with Gasteiger partial charge in [-0.05, 0) is 30.2 Å². The number of rotatable bonds is 2. The molecule has 3 N–H and O–H groups in total. The normalized spacial score (nSPS) is 20.7. The number of aryl methyl sites for hydroxylation is 1. The highest BCUT2D eigenvalue weighted by atomic mass is 16.2. The first-order valence-electron chi connectivity index (χ1n) is 8.17. The number of likely N-dealkylation sites (tertiary alicyclic amines) is 1. The predicted octanol–water partition coefficient (Wildman–Crippen LogP) is 2.44. The van der Waals surface area contributed by atoms with Crippen molar-refractivity contribution in [1.29, 1.82) is 0 Å². The molecule has 1 aromatic heterocycles. The van der Waals surface area contributed by atoms with Gasteiger partial charge in [0.1, 0.15) is 0 Å². The largest absolute Gasteiger partial charge is 0.336 e. The minimum Gasteiger partial charge on any atom is -0.336 e. The highest BCUT2D eigenvalue weighted by Gasteiger charge is 2.34. The Bertz CT molecular complexity index is 887. The van der Waals surface area contributed by atoms with Crippen LogP contribution in [-0.4, -0.2) is 40.1 Å². The van der Waals surface area contributed by atoms with E-state index in [0.717, 1.165) is 16.5 Å². The first kappa shape index (κ1) is 14.9. The molecule has 1 fully saturated rings. The van der Waals surface area contributed by atoms with Crippen molar-refractivity contribution in [2.24, 2.45) is 5.73 Å². The maximum atomic E-state index is 13.1. The fourth-order valence-electron chi connectivity index (χ4n) is 3.59. The Morgan fingerprint density at radius 1 is 1.25 bits per heavy atom. The second-order valence-electron chi connectivity index (χ2n) is 6.54. The molecule has 24 heavy (non-hydrogen) atoms. The van der Waals surface area contributed by atoms with E-state index in [1.54, 1.807) is 6.20 Å². The molecule has 0 unspecified atom stereocenters. The molecule has 1 aliphatic rings. The molecule has 1 amide bonds. The van der Waals surface area contributed by atoms with Crippen LogP contribution in [-0.2, 0) is 0 Å². The van der Waals surface area contributed by atoms with Crippen LogP contribution in [0.1, 0.15) is 27.4 Å². The summed E-state index contributed by atoms with van der Waals surface area (Å²) in [5.74, 6) is 0.194. The minimum absolute atomic E-state index is 0.0156. The van der Waals surface area contributed by atoms with Crippen LogP contribution in [0.4, 0.5) is 0 Å². The lowest BCUT2D eigenvalue weighted by Gasteiger charge is -2.17. The molecular weight excluding hydrogens is 300 g/mol. The standard InChI is InChI=1S/C19H20N4O/c1-12-7-14-9-21-22-18(14)15(8-12)19(24)23-10-16(17(20)11-23)13-5-3-2-4-6-13/h2-9,16-17H,10-11,20H2,1H3,(H,21,22)/t16-,17+/m0/s1. The SMILES string of the molecule is Cc1cc(C(=O)N2C[C@@H](N)[C@H](c3ccccc3)C2)c2[nH]ncc2c1. The summed E-state index contributed by atoms with van der Waals surface area (Å²) >= 11 is 0. The molecule has 4 rings (SSSR count). The smallest absolute Gasteiger partial charge is 0.256 e. The molecule has 0 saturated carbocycles. The van der Waals surface area contributed by atoms with Gasteiger partial charge >= 0.3 is 0 Å². The molecule has 0 aliphatic carbocycles. The number of fused-ring (bicyclic) bond motifs is 1. The van der Waals surface area contributed by atoms with E-state index in [9.17, 15) is 4.79 Å². The van der Waals surface area contributed by atoms with E-state index in [2.05, 4.69) is 22.3 Å². The Morgan fingerprint density at radius 3 is 2.83 bits per heavy atom. The summed E-state index contributed by atoms with van der Waals surface area (Å²) in [6.07, 6.45) is 1.75. The van der Waals surface area contributed by atoms with Crippen LogP contribution in [0.2, 0.25) is 0 Å². The zero-order valence-electron chi connectivity index (χ0n) is 13.6. The number of hydrogen-bond donors (Lipinski definition) is 2. The number of H-pyrrole nitrogens is 1. The Kier molecular flexibility index (Phi) is 3.58. The summed E-state index contributed by atoms with van der Waals surface area (Å²) in [5.41, 5.74) is 10.0. The van der Waals surface area contributed by atoms with Gasteiger partial charge in [0.15, 0.2) is 0 Å². The van der Waals surface area contributed by atoms with Gasteiger partial charge in [0.25, 0.3) is 5.91 Å². The quantitative estimate of drug-likeness (QED) is 0.761. The first-order valence-corrected chi connectivity index (χ1v) is 8.17. The van der Waals surface area contributed by atoms with E-state index in [4.69, 9.17) is 5.73 Å².